The van der Waals surface area contributed by atoms with E-state index in [4.69, 9.17) is 5.11 Å². The van der Waals surface area contributed by atoms with Crippen molar-refractivity contribution in [3.8, 4) is 0 Å². The Hall–Kier alpha value is -1.92. The Morgan fingerprint density at radius 2 is 2.09 bits per heavy atom. The van der Waals surface area contributed by atoms with Gasteiger partial charge in [0.05, 0.1) is 12.5 Å². The Bertz CT molecular complexity index is 507. The number of rotatable bonds is 5. The van der Waals surface area contributed by atoms with Crippen molar-refractivity contribution in [3.63, 3.8) is 0 Å². The van der Waals surface area contributed by atoms with Crippen molar-refractivity contribution in [1.29, 1.82) is 0 Å². The normalized spacial score (nSPS) is 19.0. The third kappa shape index (κ3) is 4.82. The lowest BCUT2D eigenvalue weighted by Crippen LogP contribution is -2.42. The van der Waals surface area contributed by atoms with Crippen LogP contribution in [0.15, 0.2) is 30.3 Å². The topological polar surface area (TPSA) is 72.9 Å². The number of aliphatic carboxylic acids is 1. The first-order chi connectivity index (χ1) is 10.6. The van der Waals surface area contributed by atoms with Crippen LogP contribution in [0.5, 0.6) is 0 Å². The number of carbonyl (C=O) groups excluding carboxylic acids is 1. The van der Waals surface area contributed by atoms with Crippen LogP contribution in [0.2, 0.25) is 0 Å². The highest BCUT2D eigenvalue weighted by molar-refractivity contribution is 5.79. The van der Waals surface area contributed by atoms with E-state index in [1.54, 1.807) is 4.90 Å². The van der Waals surface area contributed by atoms with Gasteiger partial charge in [-0.25, -0.2) is 0 Å². The lowest BCUT2D eigenvalue weighted by Gasteiger charge is -2.25. The number of amides is 1. The van der Waals surface area contributed by atoms with Crippen LogP contribution in [0.25, 0.3) is 0 Å². The second-order valence-electron chi connectivity index (χ2n) is 5.74. The summed E-state index contributed by atoms with van der Waals surface area (Å²) in [6.45, 7) is 2.88. The van der Waals surface area contributed by atoms with E-state index >= 15 is 0 Å². The minimum Gasteiger partial charge on any atom is -0.481 e. The molecule has 6 heteroatoms. The third-order valence-electron chi connectivity index (χ3n) is 3.79. The van der Waals surface area contributed by atoms with E-state index in [2.05, 4.69) is 5.32 Å². The van der Waals surface area contributed by atoms with Crippen LogP contribution in [-0.4, -0.2) is 66.6 Å². The number of hydrogen-bond donors (Lipinski definition) is 2. The largest absolute Gasteiger partial charge is 0.481 e. The fraction of sp³-hybridized carbons (Fsp3) is 0.500. The summed E-state index contributed by atoms with van der Waals surface area (Å²) in [5, 5.41) is 12.2. The first kappa shape index (κ1) is 16.5. The Labute approximate surface area is 130 Å². The van der Waals surface area contributed by atoms with E-state index in [0.29, 0.717) is 32.7 Å². The molecule has 1 aromatic carbocycles. The van der Waals surface area contributed by atoms with Gasteiger partial charge in [0.1, 0.15) is 0 Å². The van der Waals surface area contributed by atoms with Gasteiger partial charge in [-0.15, -0.1) is 0 Å². The van der Waals surface area contributed by atoms with E-state index in [1.165, 1.54) is 0 Å². The molecular formula is C16H23N3O3. The minimum atomic E-state index is -0.857. The van der Waals surface area contributed by atoms with Crippen molar-refractivity contribution in [2.24, 2.45) is 5.92 Å². The van der Waals surface area contributed by atoms with Crippen LogP contribution in [0.1, 0.15) is 5.56 Å². The number of nitrogens with zero attached hydrogens (tertiary/aromatic N) is 2. The molecule has 0 aromatic heterocycles. The molecule has 1 saturated heterocycles. The average Bonchev–Trinajstić information content (AvgIpc) is 2.74. The van der Waals surface area contributed by atoms with Crippen molar-refractivity contribution < 1.29 is 14.7 Å². The number of hydrogen-bond acceptors (Lipinski definition) is 4. The maximum atomic E-state index is 12.4. The summed E-state index contributed by atoms with van der Waals surface area (Å²) < 4.78 is 0. The summed E-state index contributed by atoms with van der Waals surface area (Å²) in [6.07, 6.45) is 0. The molecule has 1 amide bonds. The van der Waals surface area contributed by atoms with Gasteiger partial charge >= 0.3 is 5.97 Å². The summed E-state index contributed by atoms with van der Waals surface area (Å²) in [7, 11) is 1.90. The van der Waals surface area contributed by atoms with Gasteiger partial charge in [0.15, 0.2) is 0 Å². The fourth-order valence-corrected chi connectivity index (χ4v) is 2.59. The molecule has 1 aliphatic rings. The van der Waals surface area contributed by atoms with E-state index < -0.39 is 11.9 Å². The number of benzene rings is 1. The molecule has 1 aliphatic heterocycles. The number of carboxylic acids is 1. The molecule has 0 aliphatic carbocycles. The summed E-state index contributed by atoms with van der Waals surface area (Å²) >= 11 is 0. The van der Waals surface area contributed by atoms with Gasteiger partial charge in [-0.05, 0) is 12.6 Å². The molecule has 1 heterocycles. The molecule has 0 saturated carbocycles. The highest BCUT2D eigenvalue weighted by Crippen LogP contribution is 2.07. The van der Waals surface area contributed by atoms with Gasteiger partial charge in [-0.3, -0.25) is 14.5 Å². The van der Waals surface area contributed by atoms with Gasteiger partial charge in [-0.1, -0.05) is 30.3 Å². The molecule has 1 aromatic rings. The standard InChI is InChI=1S/C16H23N3O3/c1-18(10-13-5-3-2-4-6-13)12-15(20)19-8-7-17-9-14(11-19)16(21)22/h2-6,14,17H,7-12H2,1H3,(H,21,22). The lowest BCUT2D eigenvalue weighted by atomic mass is 10.1. The smallest absolute Gasteiger partial charge is 0.309 e. The Balaban J connectivity index is 1.88. The average molecular weight is 305 g/mol. The van der Waals surface area contributed by atoms with E-state index in [9.17, 15) is 9.59 Å². The SMILES string of the molecule is CN(CC(=O)N1CCNCC(C(=O)O)C1)Cc1ccccc1. The highest BCUT2D eigenvalue weighted by Gasteiger charge is 2.26. The molecule has 6 nitrogen and oxygen atoms in total. The maximum Gasteiger partial charge on any atom is 0.309 e. The zero-order chi connectivity index (χ0) is 15.9. The first-order valence-corrected chi connectivity index (χ1v) is 7.50. The molecule has 1 fully saturated rings. The van der Waals surface area contributed by atoms with Crippen LogP contribution < -0.4 is 5.32 Å². The van der Waals surface area contributed by atoms with E-state index in [-0.39, 0.29) is 12.5 Å². The molecular weight excluding hydrogens is 282 g/mol. The van der Waals surface area contributed by atoms with Crippen molar-refractivity contribution in [1.82, 2.24) is 15.1 Å². The highest BCUT2D eigenvalue weighted by atomic mass is 16.4. The quantitative estimate of drug-likeness (QED) is 0.816. The summed E-state index contributed by atoms with van der Waals surface area (Å²) in [5.41, 5.74) is 1.15. The summed E-state index contributed by atoms with van der Waals surface area (Å²) in [4.78, 5) is 27.1. The molecule has 2 rings (SSSR count). The van der Waals surface area contributed by atoms with Crippen molar-refractivity contribution in [2.45, 2.75) is 6.54 Å². The first-order valence-electron chi connectivity index (χ1n) is 7.50. The number of nitrogens with one attached hydrogen (secondary N) is 1. The van der Waals surface area contributed by atoms with E-state index in [0.717, 1.165) is 5.56 Å². The van der Waals surface area contributed by atoms with Gasteiger partial charge in [0, 0.05) is 32.7 Å². The predicted octanol–water partition coefficient (Wildman–Crippen LogP) is 0.251. The third-order valence-corrected chi connectivity index (χ3v) is 3.79. The molecule has 0 radical (unpaired) electrons. The summed E-state index contributed by atoms with van der Waals surface area (Å²) in [6, 6.07) is 9.96. The number of carbonyl (C=O) groups is 2. The Morgan fingerprint density at radius 1 is 1.36 bits per heavy atom. The lowest BCUT2D eigenvalue weighted by molar-refractivity contribution is -0.143. The van der Waals surface area contributed by atoms with Gasteiger partial charge < -0.3 is 15.3 Å². The van der Waals surface area contributed by atoms with Crippen LogP contribution in [0.3, 0.4) is 0 Å². The Kier molecular flexibility index (Phi) is 5.91. The zero-order valence-electron chi connectivity index (χ0n) is 12.9. The zero-order valence-corrected chi connectivity index (χ0v) is 12.9. The molecule has 22 heavy (non-hydrogen) atoms. The van der Waals surface area contributed by atoms with Gasteiger partial charge in [0.25, 0.3) is 0 Å². The molecule has 120 valence electrons. The van der Waals surface area contributed by atoms with Crippen molar-refractivity contribution in [2.75, 3.05) is 39.8 Å². The van der Waals surface area contributed by atoms with Crippen LogP contribution in [0, 0.1) is 5.92 Å². The monoisotopic (exact) mass is 305 g/mol. The predicted molar refractivity (Wildman–Crippen MR) is 83.4 cm³/mol. The maximum absolute atomic E-state index is 12.4. The molecule has 1 unspecified atom stereocenters. The van der Waals surface area contributed by atoms with Crippen molar-refractivity contribution in [3.05, 3.63) is 35.9 Å². The van der Waals surface area contributed by atoms with Crippen LogP contribution in [0.4, 0.5) is 0 Å². The fourth-order valence-electron chi connectivity index (χ4n) is 2.59. The Morgan fingerprint density at radius 3 is 2.77 bits per heavy atom. The second-order valence-corrected chi connectivity index (χ2v) is 5.74. The molecule has 2 N–H and O–H groups in total. The molecule has 0 spiro atoms. The van der Waals surface area contributed by atoms with Gasteiger partial charge in [-0.2, -0.15) is 0 Å². The second kappa shape index (κ2) is 7.91. The van der Waals surface area contributed by atoms with Gasteiger partial charge in [0.2, 0.25) is 5.91 Å². The van der Waals surface area contributed by atoms with E-state index in [1.807, 2.05) is 42.3 Å². The number of carboxylic acid groups (broad SMARTS) is 1. The van der Waals surface area contributed by atoms with Crippen LogP contribution in [-0.2, 0) is 16.1 Å². The molecule has 0 bridgehead atoms. The number of likely N-dealkylation sites (N-methyl/N-ethyl adjacent to an activating group) is 1. The summed E-state index contributed by atoms with van der Waals surface area (Å²) in [5.74, 6) is -1.41. The minimum absolute atomic E-state index is 0.0200. The van der Waals surface area contributed by atoms with Crippen molar-refractivity contribution >= 4 is 11.9 Å². The van der Waals surface area contributed by atoms with Crippen LogP contribution >= 0.6 is 0 Å². The molecule has 1 atom stereocenters.